The molecule has 5 nitrogen and oxygen atoms in total. The number of methoxy groups -OCH3 is 1. The van der Waals surface area contributed by atoms with Crippen molar-refractivity contribution in [3.8, 4) is 0 Å². The fraction of sp³-hybridized carbons (Fsp3) is 0.857. The number of hydrogen-bond donors (Lipinski definition) is 0. The van der Waals surface area contributed by atoms with Crippen LogP contribution in [0.2, 0.25) is 0 Å². The number of carboxylic acid groups (broad SMARTS) is 1. The molecular weight excluding hydrogens is 361 g/mol. The van der Waals surface area contributed by atoms with Crippen molar-refractivity contribution in [3.05, 3.63) is 0 Å². The molecule has 0 unspecified atom stereocenters. The van der Waals surface area contributed by atoms with Crippen molar-refractivity contribution in [2.45, 2.75) is 0 Å². The Kier molecular flexibility index (Phi) is 14.5. The summed E-state index contributed by atoms with van der Waals surface area (Å²) in [6.07, 6.45) is 0. The van der Waals surface area contributed by atoms with Crippen LogP contribution in [-0.4, -0.2) is 46.1 Å². The smallest absolute Gasteiger partial charge is 0.548 e. The summed E-state index contributed by atoms with van der Waals surface area (Å²) < 4.78 is 14.4. The maximum absolute atomic E-state index is 9.84. The second-order valence-corrected chi connectivity index (χ2v) is 2.03. The van der Waals surface area contributed by atoms with E-state index in [0.29, 0.717) is 19.8 Å². The van der Waals surface area contributed by atoms with Gasteiger partial charge < -0.3 is 24.1 Å². The molecule has 0 bridgehead atoms. The third kappa shape index (κ3) is 14.9. The number of carbonyl (C=O) groups excluding carboxylic acids is 1. The van der Waals surface area contributed by atoms with E-state index in [0.717, 1.165) is 0 Å². The molecule has 0 aliphatic carbocycles. The van der Waals surface area contributed by atoms with Crippen molar-refractivity contribution in [1.82, 2.24) is 0 Å². The molecule has 0 heterocycles. The molecule has 0 aliphatic rings. The Balaban J connectivity index is 0. The van der Waals surface area contributed by atoms with E-state index in [1.165, 1.54) is 0 Å². The first-order valence-corrected chi connectivity index (χ1v) is 3.61. The minimum atomic E-state index is -1.22. The molecule has 0 saturated carbocycles. The van der Waals surface area contributed by atoms with Gasteiger partial charge in [0.05, 0.1) is 39.0 Å². The standard InChI is InChI=1S/C7H14O5.Au/c1-10-2-3-11-4-5-12-6-7(8)9;/h2-6H2,1H3,(H,8,9);/q;+1/p-1. The van der Waals surface area contributed by atoms with Gasteiger partial charge in [-0.25, -0.2) is 0 Å². The Morgan fingerprint density at radius 1 is 1.15 bits per heavy atom. The van der Waals surface area contributed by atoms with Crippen molar-refractivity contribution in [2.75, 3.05) is 40.1 Å². The monoisotopic (exact) mass is 374 g/mol. The maximum atomic E-state index is 9.84. The van der Waals surface area contributed by atoms with E-state index < -0.39 is 5.97 Å². The average molecular weight is 374 g/mol. The van der Waals surface area contributed by atoms with Crippen LogP contribution in [0.5, 0.6) is 0 Å². The summed E-state index contributed by atoms with van der Waals surface area (Å²) in [5.74, 6) is -1.22. The third-order valence-electron chi connectivity index (χ3n) is 1.02. The first-order chi connectivity index (χ1) is 5.77. The molecule has 0 aromatic carbocycles. The van der Waals surface area contributed by atoms with Crippen LogP contribution in [-0.2, 0) is 41.4 Å². The SMILES string of the molecule is COCCOCCOCC(=O)[O-].[Au+]. The van der Waals surface area contributed by atoms with E-state index in [-0.39, 0.29) is 35.6 Å². The number of hydrogen-bond acceptors (Lipinski definition) is 5. The molecule has 0 aromatic heterocycles. The molecule has 0 radical (unpaired) electrons. The first kappa shape index (κ1) is 15.6. The van der Waals surface area contributed by atoms with Crippen molar-refractivity contribution in [1.29, 1.82) is 0 Å². The van der Waals surface area contributed by atoms with Gasteiger partial charge in [0.1, 0.15) is 0 Å². The van der Waals surface area contributed by atoms with Crippen molar-refractivity contribution < 1.29 is 46.5 Å². The molecule has 0 fully saturated rings. The molecule has 82 valence electrons. The van der Waals surface area contributed by atoms with Gasteiger partial charge in [-0.05, 0) is 0 Å². The fourth-order valence-corrected chi connectivity index (χ4v) is 0.518. The van der Waals surface area contributed by atoms with Gasteiger partial charge in [0, 0.05) is 7.11 Å². The van der Waals surface area contributed by atoms with Crippen molar-refractivity contribution in [3.63, 3.8) is 0 Å². The Bertz CT molecular complexity index is 119. The minimum absolute atomic E-state index is 0. The van der Waals surface area contributed by atoms with Crippen LogP contribution in [0, 0.1) is 0 Å². The van der Waals surface area contributed by atoms with E-state index in [4.69, 9.17) is 9.47 Å². The third-order valence-corrected chi connectivity index (χ3v) is 1.02. The van der Waals surface area contributed by atoms with Gasteiger partial charge in [0.2, 0.25) is 0 Å². The van der Waals surface area contributed by atoms with Crippen LogP contribution >= 0.6 is 0 Å². The van der Waals surface area contributed by atoms with Crippen LogP contribution < -0.4 is 5.11 Å². The molecule has 0 aromatic rings. The van der Waals surface area contributed by atoms with Gasteiger partial charge in [0.25, 0.3) is 0 Å². The zero-order valence-electron chi connectivity index (χ0n) is 7.38. The second-order valence-electron chi connectivity index (χ2n) is 2.03. The summed E-state index contributed by atoms with van der Waals surface area (Å²) >= 11 is 0. The molecule has 0 aliphatic heterocycles. The van der Waals surface area contributed by atoms with E-state index in [1.54, 1.807) is 7.11 Å². The van der Waals surface area contributed by atoms with Gasteiger partial charge in [-0.15, -0.1) is 0 Å². The number of carboxylic acids is 1. The quantitative estimate of drug-likeness (QED) is 0.379. The zero-order chi connectivity index (χ0) is 9.23. The molecule has 0 spiro atoms. The number of aliphatic carboxylic acids is 1. The summed E-state index contributed by atoms with van der Waals surface area (Å²) in [6.45, 7) is 1.27. The summed E-state index contributed by atoms with van der Waals surface area (Å²) in [5, 5.41) is 9.84. The summed E-state index contributed by atoms with van der Waals surface area (Å²) in [7, 11) is 1.58. The molecule has 0 N–H and O–H groups in total. The molecule has 0 rings (SSSR count). The number of ether oxygens (including phenoxy) is 3. The predicted octanol–water partition coefficient (Wildman–Crippen LogP) is -1.59. The summed E-state index contributed by atoms with van der Waals surface area (Å²) in [4.78, 5) is 9.84. The van der Waals surface area contributed by atoms with Gasteiger partial charge in [0.15, 0.2) is 0 Å². The molecule has 0 atom stereocenters. The van der Waals surface area contributed by atoms with E-state index in [2.05, 4.69) is 4.74 Å². The van der Waals surface area contributed by atoms with Gasteiger partial charge in [-0.3, -0.25) is 0 Å². The molecular formula is C7H13AuO5. The Morgan fingerprint density at radius 3 is 2.23 bits per heavy atom. The summed E-state index contributed by atoms with van der Waals surface area (Å²) in [6, 6.07) is 0. The van der Waals surface area contributed by atoms with Crippen LogP contribution in [0.3, 0.4) is 0 Å². The Morgan fingerprint density at radius 2 is 1.69 bits per heavy atom. The van der Waals surface area contributed by atoms with E-state index in [1.807, 2.05) is 0 Å². The van der Waals surface area contributed by atoms with Crippen LogP contribution in [0.4, 0.5) is 0 Å². The Labute approximate surface area is 92.9 Å². The second kappa shape index (κ2) is 12.1. The molecule has 6 heteroatoms. The number of carbonyl (C=O) groups is 1. The zero-order valence-corrected chi connectivity index (χ0v) is 9.54. The van der Waals surface area contributed by atoms with Crippen LogP contribution in [0.25, 0.3) is 0 Å². The Hall–Kier alpha value is 0.0903. The molecule has 0 amide bonds. The topological polar surface area (TPSA) is 67.8 Å². The minimum Gasteiger partial charge on any atom is -0.548 e. The van der Waals surface area contributed by atoms with Crippen LogP contribution in [0.1, 0.15) is 0 Å². The van der Waals surface area contributed by atoms with Crippen molar-refractivity contribution in [2.24, 2.45) is 0 Å². The van der Waals surface area contributed by atoms with Gasteiger partial charge in [-0.1, -0.05) is 0 Å². The molecule has 13 heavy (non-hydrogen) atoms. The van der Waals surface area contributed by atoms with E-state index >= 15 is 0 Å². The maximum Gasteiger partial charge on any atom is 1.00 e. The molecule has 0 saturated heterocycles. The van der Waals surface area contributed by atoms with Gasteiger partial charge in [-0.2, -0.15) is 0 Å². The van der Waals surface area contributed by atoms with Gasteiger partial charge >= 0.3 is 22.4 Å². The fourth-order valence-electron chi connectivity index (χ4n) is 0.518. The normalized spacial score (nSPS) is 9.31. The largest absolute Gasteiger partial charge is 1.00 e. The number of rotatable bonds is 8. The predicted molar refractivity (Wildman–Crippen MR) is 38.5 cm³/mol. The van der Waals surface area contributed by atoms with Crippen LogP contribution in [0.15, 0.2) is 0 Å². The summed E-state index contributed by atoms with van der Waals surface area (Å²) in [5.41, 5.74) is 0. The average Bonchev–Trinajstić information content (AvgIpc) is 2.02. The van der Waals surface area contributed by atoms with E-state index in [9.17, 15) is 9.90 Å². The van der Waals surface area contributed by atoms with Crippen molar-refractivity contribution >= 4 is 5.97 Å². The first-order valence-electron chi connectivity index (χ1n) is 3.61.